The Morgan fingerprint density at radius 1 is 1.03 bits per heavy atom. The minimum atomic E-state index is 0.107. The number of pyridine rings is 1. The van der Waals surface area contributed by atoms with Crippen molar-refractivity contribution in [2.45, 2.75) is 31.2 Å². The first-order chi connectivity index (χ1) is 14.7. The fraction of sp³-hybridized carbons (Fsp3) is 0.208. The van der Waals surface area contributed by atoms with E-state index in [0.717, 1.165) is 33.1 Å². The van der Waals surface area contributed by atoms with E-state index in [2.05, 4.69) is 36.2 Å². The number of anilines is 1. The zero-order valence-corrected chi connectivity index (χ0v) is 18.5. The van der Waals surface area contributed by atoms with Crippen molar-refractivity contribution in [1.29, 1.82) is 0 Å². The van der Waals surface area contributed by atoms with Crippen LogP contribution < -0.4 is 4.90 Å². The smallest absolute Gasteiger partial charge is 0.229 e. The Morgan fingerprint density at radius 3 is 2.57 bits per heavy atom. The van der Waals surface area contributed by atoms with Crippen LogP contribution in [0.1, 0.15) is 24.0 Å². The first-order valence-electron chi connectivity index (χ1n) is 9.93. The highest BCUT2D eigenvalue weighted by molar-refractivity contribution is 7.99. The number of carbonyl (C=O) groups excluding carboxylic acids is 1. The molecule has 4 rings (SSSR count). The molecule has 6 heteroatoms. The van der Waals surface area contributed by atoms with Crippen LogP contribution >= 0.6 is 23.1 Å². The highest BCUT2D eigenvalue weighted by Gasteiger charge is 2.20. The molecule has 2 aromatic carbocycles. The molecule has 4 aromatic rings. The normalized spacial score (nSPS) is 11.0. The highest BCUT2D eigenvalue weighted by atomic mass is 32.2. The highest BCUT2D eigenvalue weighted by Crippen LogP contribution is 2.30. The van der Waals surface area contributed by atoms with E-state index in [1.165, 1.54) is 10.5 Å². The van der Waals surface area contributed by atoms with Crippen molar-refractivity contribution in [3.63, 3.8) is 0 Å². The third-order valence-corrected chi connectivity index (χ3v) is 6.89. The molecule has 0 aliphatic heterocycles. The van der Waals surface area contributed by atoms with Gasteiger partial charge in [0.15, 0.2) is 5.13 Å². The van der Waals surface area contributed by atoms with Crippen LogP contribution in [0.2, 0.25) is 0 Å². The van der Waals surface area contributed by atoms with Gasteiger partial charge in [-0.25, -0.2) is 4.98 Å². The molecule has 1 amide bonds. The summed E-state index contributed by atoms with van der Waals surface area (Å²) in [5.74, 6) is 1.02. The lowest BCUT2D eigenvalue weighted by Crippen LogP contribution is -2.30. The van der Waals surface area contributed by atoms with Gasteiger partial charge >= 0.3 is 0 Å². The molecule has 0 atom stereocenters. The van der Waals surface area contributed by atoms with Crippen LogP contribution in [0.15, 0.2) is 78.0 Å². The van der Waals surface area contributed by atoms with Crippen molar-refractivity contribution in [3.05, 3.63) is 84.2 Å². The standard InChI is InChI=1S/C24H23N3OS2/c1-18-8-10-20(11-9-18)29-16-4-7-23(28)27(17-19-12-14-25-15-13-19)24-26-21-5-2-3-6-22(21)30-24/h2-3,5-6,8-15H,4,7,16-17H2,1H3. The summed E-state index contributed by atoms with van der Waals surface area (Å²) < 4.78 is 1.09. The molecule has 0 saturated carbocycles. The number of fused-ring (bicyclic) bond motifs is 1. The summed E-state index contributed by atoms with van der Waals surface area (Å²) in [6.07, 6.45) is 4.85. The zero-order chi connectivity index (χ0) is 20.8. The molecular weight excluding hydrogens is 410 g/mol. The lowest BCUT2D eigenvalue weighted by molar-refractivity contribution is -0.118. The number of benzene rings is 2. The molecule has 0 aliphatic rings. The number of aryl methyl sites for hydroxylation is 1. The first-order valence-corrected chi connectivity index (χ1v) is 11.7. The van der Waals surface area contributed by atoms with Gasteiger partial charge in [0, 0.05) is 23.7 Å². The van der Waals surface area contributed by atoms with E-state index in [1.54, 1.807) is 35.5 Å². The van der Waals surface area contributed by atoms with Crippen molar-refractivity contribution in [2.75, 3.05) is 10.7 Å². The number of hydrogen-bond donors (Lipinski definition) is 0. The van der Waals surface area contributed by atoms with Gasteiger partial charge in [-0.15, -0.1) is 11.8 Å². The average Bonchev–Trinajstić information content (AvgIpc) is 3.21. The Morgan fingerprint density at radius 2 is 1.80 bits per heavy atom. The Bertz CT molecular complexity index is 1080. The third kappa shape index (κ3) is 5.26. The third-order valence-electron chi connectivity index (χ3n) is 4.73. The van der Waals surface area contributed by atoms with E-state index in [9.17, 15) is 4.79 Å². The number of aromatic nitrogens is 2. The summed E-state index contributed by atoms with van der Waals surface area (Å²) in [5, 5.41) is 0.754. The summed E-state index contributed by atoms with van der Waals surface area (Å²) >= 11 is 3.36. The molecule has 152 valence electrons. The van der Waals surface area contributed by atoms with Gasteiger partial charge in [0.1, 0.15) is 0 Å². The number of carbonyl (C=O) groups is 1. The lowest BCUT2D eigenvalue weighted by Gasteiger charge is -2.20. The van der Waals surface area contributed by atoms with Gasteiger partial charge in [0.25, 0.3) is 0 Å². The van der Waals surface area contributed by atoms with E-state index in [0.29, 0.717) is 13.0 Å². The molecule has 2 aromatic heterocycles. The number of nitrogens with zero attached hydrogens (tertiary/aromatic N) is 3. The largest absolute Gasteiger partial charge is 0.284 e. The SMILES string of the molecule is Cc1ccc(SCCCC(=O)N(Cc2ccncc2)c2nc3ccccc3s2)cc1. The Hall–Kier alpha value is -2.70. The molecule has 4 nitrogen and oxygen atoms in total. The Balaban J connectivity index is 1.44. The number of thiazole rings is 1. The molecule has 0 spiro atoms. The van der Waals surface area contributed by atoms with E-state index in [1.807, 2.05) is 41.3 Å². The van der Waals surface area contributed by atoms with Crippen molar-refractivity contribution in [3.8, 4) is 0 Å². The second-order valence-electron chi connectivity index (χ2n) is 7.06. The summed E-state index contributed by atoms with van der Waals surface area (Å²) in [5.41, 5.74) is 3.24. The van der Waals surface area contributed by atoms with Gasteiger partial charge in [-0.1, -0.05) is 41.2 Å². The molecule has 2 heterocycles. The molecule has 0 N–H and O–H groups in total. The van der Waals surface area contributed by atoms with E-state index in [-0.39, 0.29) is 5.91 Å². The molecule has 0 unspecified atom stereocenters. The fourth-order valence-corrected chi connectivity index (χ4v) is 4.93. The van der Waals surface area contributed by atoms with Gasteiger partial charge in [-0.3, -0.25) is 14.7 Å². The monoisotopic (exact) mass is 433 g/mol. The van der Waals surface area contributed by atoms with Crippen LogP contribution in [-0.2, 0) is 11.3 Å². The summed E-state index contributed by atoms with van der Waals surface area (Å²) in [6, 6.07) is 20.4. The second kappa shape index (κ2) is 9.87. The number of thioether (sulfide) groups is 1. The van der Waals surface area contributed by atoms with Crippen molar-refractivity contribution in [1.82, 2.24) is 9.97 Å². The van der Waals surface area contributed by atoms with Crippen LogP contribution in [-0.4, -0.2) is 21.6 Å². The van der Waals surface area contributed by atoms with Crippen molar-refractivity contribution >= 4 is 44.4 Å². The van der Waals surface area contributed by atoms with Crippen LogP contribution in [0.3, 0.4) is 0 Å². The minimum Gasteiger partial charge on any atom is -0.284 e. The van der Waals surface area contributed by atoms with Crippen LogP contribution in [0.25, 0.3) is 10.2 Å². The van der Waals surface area contributed by atoms with Gasteiger partial charge in [-0.2, -0.15) is 0 Å². The maximum atomic E-state index is 13.1. The van der Waals surface area contributed by atoms with Crippen molar-refractivity contribution in [2.24, 2.45) is 0 Å². The van der Waals surface area contributed by atoms with Gasteiger partial charge in [0.2, 0.25) is 5.91 Å². The minimum absolute atomic E-state index is 0.107. The van der Waals surface area contributed by atoms with E-state index in [4.69, 9.17) is 4.98 Å². The molecule has 0 radical (unpaired) electrons. The maximum Gasteiger partial charge on any atom is 0.229 e. The molecule has 0 aliphatic carbocycles. The molecule has 0 saturated heterocycles. The molecule has 30 heavy (non-hydrogen) atoms. The van der Waals surface area contributed by atoms with Crippen LogP contribution in [0.4, 0.5) is 5.13 Å². The van der Waals surface area contributed by atoms with Crippen LogP contribution in [0, 0.1) is 6.92 Å². The van der Waals surface area contributed by atoms with Gasteiger partial charge in [0.05, 0.1) is 16.8 Å². The topological polar surface area (TPSA) is 46.1 Å². The predicted octanol–water partition coefficient (Wildman–Crippen LogP) is 6.11. The fourth-order valence-electron chi connectivity index (χ4n) is 3.09. The first kappa shape index (κ1) is 20.6. The van der Waals surface area contributed by atoms with Crippen LogP contribution in [0.5, 0.6) is 0 Å². The summed E-state index contributed by atoms with van der Waals surface area (Å²) in [4.78, 5) is 25.0. The maximum absolute atomic E-state index is 13.1. The molecule has 0 fully saturated rings. The predicted molar refractivity (Wildman–Crippen MR) is 126 cm³/mol. The van der Waals surface area contributed by atoms with E-state index < -0.39 is 0 Å². The quantitative estimate of drug-likeness (QED) is 0.249. The second-order valence-corrected chi connectivity index (χ2v) is 9.24. The number of amides is 1. The molecule has 0 bridgehead atoms. The Kier molecular flexibility index (Phi) is 6.77. The number of para-hydroxylation sites is 1. The number of rotatable bonds is 8. The molecular formula is C24H23N3OS2. The van der Waals surface area contributed by atoms with Crippen molar-refractivity contribution < 1.29 is 4.79 Å². The van der Waals surface area contributed by atoms with Gasteiger partial charge < -0.3 is 0 Å². The average molecular weight is 434 g/mol. The van der Waals surface area contributed by atoms with E-state index >= 15 is 0 Å². The summed E-state index contributed by atoms with van der Waals surface area (Å²) in [7, 11) is 0. The lowest BCUT2D eigenvalue weighted by atomic mass is 10.2. The van der Waals surface area contributed by atoms with Gasteiger partial charge in [-0.05, 0) is 61.1 Å². The Labute approximate surface area is 185 Å². The number of hydrogen-bond acceptors (Lipinski definition) is 5. The summed E-state index contributed by atoms with van der Waals surface area (Å²) in [6.45, 7) is 2.60. The zero-order valence-electron chi connectivity index (χ0n) is 16.8.